The number of hydrogen-bond acceptors (Lipinski definition) is 10. The number of ketones is 2. The minimum Gasteiger partial charge on any atom is -0.508 e. The second-order valence-electron chi connectivity index (χ2n) is 9.14. The Bertz CT molecular complexity index is 1200. The van der Waals surface area contributed by atoms with Crippen LogP contribution >= 0.6 is 0 Å². The van der Waals surface area contributed by atoms with Gasteiger partial charge < -0.3 is 41.5 Å². The standard InChI is InChI=1S/C23H25N3O8/c24-17-11-8-9-7-10-12(26-3-5-34-6-4-26)1-2-13(27)15(10)18(28)14(9)20(30)23(11,33)21(31)16(19(17)29)22(25)32/h1-2,9,11,17,27-28,31,33H,3-8,24H2,(H2,25,32)/t9-,11-,17+,23-/m0/s1. The molecule has 0 bridgehead atoms. The van der Waals surface area contributed by atoms with Crippen molar-refractivity contribution < 1.29 is 39.5 Å². The van der Waals surface area contributed by atoms with Gasteiger partial charge in [0.25, 0.3) is 5.91 Å². The third-order valence-corrected chi connectivity index (χ3v) is 7.46. The first-order valence-electron chi connectivity index (χ1n) is 11.0. The highest BCUT2D eigenvalue weighted by Gasteiger charge is 2.63. The SMILES string of the molecule is NC(=O)C1=C(O)[C@@]2(O)C(=O)C3=C(O)c4c(O)ccc(N5CCOCC5)c4C[C@H]3C[C@H]2[C@@H](N)C1=O. The lowest BCUT2D eigenvalue weighted by atomic mass is 9.58. The molecule has 1 aliphatic heterocycles. The maximum atomic E-state index is 13.6. The second kappa shape index (κ2) is 7.55. The summed E-state index contributed by atoms with van der Waals surface area (Å²) in [7, 11) is 0. The maximum Gasteiger partial charge on any atom is 0.255 e. The van der Waals surface area contributed by atoms with Crippen LogP contribution in [0.3, 0.4) is 0 Å². The average molecular weight is 471 g/mol. The number of fused-ring (bicyclic) bond motifs is 3. The number of aromatic hydroxyl groups is 1. The summed E-state index contributed by atoms with van der Waals surface area (Å²) in [5.41, 5.74) is 8.89. The Kier molecular flexibility index (Phi) is 4.97. The molecule has 0 spiro atoms. The van der Waals surface area contributed by atoms with Crippen molar-refractivity contribution >= 4 is 28.9 Å². The molecule has 11 nitrogen and oxygen atoms in total. The minimum atomic E-state index is -2.70. The van der Waals surface area contributed by atoms with E-state index in [-0.39, 0.29) is 29.7 Å². The van der Waals surface area contributed by atoms with Gasteiger partial charge in [-0.25, -0.2) is 0 Å². The van der Waals surface area contributed by atoms with Crippen molar-refractivity contribution in [1.82, 2.24) is 0 Å². The van der Waals surface area contributed by atoms with Crippen molar-refractivity contribution in [2.45, 2.75) is 24.5 Å². The zero-order chi connectivity index (χ0) is 24.5. The first-order valence-corrected chi connectivity index (χ1v) is 11.0. The van der Waals surface area contributed by atoms with Crippen LogP contribution < -0.4 is 16.4 Å². The third-order valence-electron chi connectivity index (χ3n) is 7.46. The number of aliphatic hydroxyl groups is 3. The van der Waals surface area contributed by atoms with Gasteiger partial charge >= 0.3 is 0 Å². The van der Waals surface area contributed by atoms with Gasteiger partial charge in [0.2, 0.25) is 5.78 Å². The van der Waals surface area contributed by atoms with Gasteiger partial charge in [-0.1, -0.05) is 0 Å². The Hall–Kier alpha value is -3.41. The van der Waals surface area contributed by atoms with Gasteiger partial charge in [-0.15, -0.1) is 0 Å². The summed E-state index contributed by atoms with van der Waals surface area (Å²) in [6.07, 6.45) is 0.199. The van der Waals surface area contributed by atoms with Crippen LogP contribution in [-0.4, -0.2) is 75.8 Å². The summed E-state index contributed by atoms with van der Waals surface area (Å²) in [5, 5.41) is 43.7. The molecule has 0 aromatic heterocycles. The Balaban J connectivity index is 1.68. The molecule has 3 aliphatic carbocycles. The van der Waals surface area contributed by atoms with E-state index in [1.165, 1.54) is 6.07 Å². The first kappa shape index (κ1) is 22.4. The molecule has 1 amide bonds. The number of primary amides is 1. The largest absolute Gasteiger partial charge is 0.508 e. The zero-order valence-electron chi connectivity index (χ0n) is 18.2. The number of morpholine rings is 1. The summed E-state index contributed by atoms with van der Waals surface area (Å²) >= 11 is 0. The van der Waals surface area contributed by atoms with Crippen molar-refractivity contribution in [1.29, 1.82) is 0 Å². The molecular weight excluding hydrogens is 446 g/mol. The highest BCUT2D eigenvalue weighted by atomic mass is 16.5. The predicted octanol–water partition coefficient (Wildman–Crippen LogP) is -0.802. The molecule has 11 heteroatoms. The number of amides is 1. The number of rotatable bonds is 2. The van der Waals surface area contributed by atoms with Crippen molar-refractivity contribution in [2.24, 2.45) is 23.3 Å². The molecule has 180 valence electrons. The molecule has 0 radical (unpaired) electrons. The molecular formula is C23H25N3O8. The van der Waals surface area contributed by atoms with Crippen molar-refractivity contribution in [2.75, 3.05) is 31.2 Å². The van der Waals surface area contributed by atoms with Crippen LogP contribution in [0, 0.1) is 11.8 Å². The zero-order valence-corrected chi connectivity index (χ0v) is 18.2. The predicted molar refractivity (Wildman–Crippen MR) is 118 cm³/mol. The molecule has 1 aromatic carbocycles. The lowest BCUT2D eigenvalue weighted by Crippen LogP contribution is -2.65. The van der Waals surface area contributed by atoms with E-state index in [1.807, 2.05) is 0 Å². The van der Waals surface area contributed by atoms with E-state index in [0.717, 1.165) is 5.69 Å². The number of benzene rings is 1. The van der Waals surface area contributed by atoms with Crippen molar-refractivity contribution in [3.63, 3.8) is 0 Å². The van der Waals surface area contributed by atoms with Gasteiger partial charge in [0.1, 0.15) is 22.8 Å². The van der Waals surface area contributed by atoms with E-state index in [2.05, 4.69) is 4.90 Å². The molecule has 8 N–H and O–H groups in total. The number of phenols is 1. The Morgan fingerprint density at radius 2 is 1.82 bits per heavy atom. The number of nitrogens with zero attached hydrogens (tertiary/aromatic N) is 1. The summed E-state index contributed by atoms with van der Waals surface area (Å²) in [5.74, 6) is -7.15. The highest BCUT2D eigenvalue weighted by molar-refractivity contribution is 6.24. The monoisotopic (exact) mass is 471 g/mol. The van der Waals surface area contributed by atoms with E-state index in [0.29, 0.717) is 31.9 Å². The number of anilines is 1. The van der Waals surface area contributed by atoms with E-state index in [4.69, 9.17) is 16.2 Å². The van der Waals surface area contributed by atoms with Gasteiger partial charge in [-0.3, -0.25) is 14.4 Å². The number of carbonyl (C=O) groups excluding carboxylic acids is 3. The molecule has 1 heterocycles. The lowest BCUT2D eigenvalue weighted by Gasteiger charge is -2.48. The van der Waals surface area contributed by atoms with Crippen LogP contribution in [0.4, 0.5) is 5.69 Å². The second-order valence-corrected chi connectivity index (χ2v) is 9.14. The van der Waals surface area contributed by atoms with E-state index < -0.39 is 58.0 Å². The van der Waals surface area contributed by atoms with Crippen molar-refractivity contribution in [3.05, 3.63) is 40.2 Å². The molecule has 1 aromatic rings. The number of nitrogens with two attached hydrogens (primary N) is 2. The molecule has 2 fully saturated rings. The quantitative estimate of drug-likeness (QED) is 0.297. The van der Waals surface area contributed by atoms with Crippen molar-refractivity contribution in [3.8, 4) is 5.75 Å². The molecule has 5 rings (SSSR count). The van der Waals surface area contributed by atoms with Gasteiger partial charge in [-0.05, 0) is 36.5 Å². The van der Waals surface area contributed by atoms with Crippen LogP contribution in [0.25, 0.3) is 5.76 Å². The Morgan fingerprint density at radius 1 is 1.15 bits per heavy atom. The fourth-order valence-electron chi connectivity index (χ4n) is 5.80. The maximum absolute atomic E-state index is 13.6. The summed E-state index contributed by atoms with van der Waals surface area (Å²) in [6, 6.07) is 1.70. The highest BCUT2D eigenvalue weighted by Crippen LogP contribution is 2.52. The molecule has 34 heavy (non-hydrogen) atoms. The van der Waals surface area contributed by atoms with Crippen LogP contribution in [0.2, 0.25) is 0 Å². The number of aliphatic hydroxyl groups excluding tert-OH is 2. The van der Waals surface area contributed by atoms with Crippen LogP contribution in [0.5, 0.6) is 5.75 Å². The molecule has 4 aliphatic rings. The number of hydrogen-bond donors (Lipinski definition) is 6. The van der Waals surface area contributed by atoms with E-state index in [1.54, 1.807) is 6.07 Å². The lowest BCUT2D eigenvalue weighted by molar-refractivity contribution is -0.149. The number of phenolic OH excluding ortho intramolecular Hbond substituents is 1. The normalized spacial score (nSPS) is 31.2. The minimum absolute atomic E-state index is 0.0255. The third kappa shape index (κ3) is 2.84. The fourth-order valence-corrected chi connectivity index (χ4v) is 5.80. The Morgan fingerprint density at radius 3 is 2.47 bits per heavy atom. The molecule has 1 saturated carbocycles. The Labute approximate surface area is 193 Å². The molecule has 0 unspecified atom stereocenters. The van der Waals surface area contributed by atoms with Gasteiger partial charge in [0.05, 0.1) is 24.8 Å². The van der Waals surface area contributed by atoms with Crippen LogP contribution in [-0.2, 0) is 25.5 Å². The summed E-state index contributed by atoms with van der Waals surface area (Å²) < 4.78 is 5.41. The van der Waals surface area contributed by atoms with Crippen LogP contribution in [0.15, 0.2) is 29.0 Å². The van der Waals surface area contributed by atoms with Gasteiger partial charge in [0.15, 0.2) is 11.4 Å². The van der Waals surface area contributed by atoms with Crippen LogP contribution in [0.1, 0.15) is 17.5 Å². The smallest absolute Gasteiger partial charge is 0.255 e. The van der Waals surface area contributed by atoms with Gasteiger partial charge in [-0.2, -0.15) is 0 Å². The molecule has 1 saturated heterocycles. The number of Topliss-reactive ketones (excluding diaryl/α,β-unsaturated/α-hetero) is 2. The fraction of sp³-hybridized carbons (Fsp3) is 0.435. The summed E-state index contributed by atoms with van der Waals surface area (Å²) in [6.45, 7) is 2.25. The topological polar surface area (TPSA) is 197 Å². The average Bonchev–Trinajstić information content (AvgIpc) is 2.80. The van der Waals surface area contributed by atoms with E-state index in [9.17, 15) is 34.8 Å². The van der Waals surface area contributed by atoms with E-state index >= 15 is 0 Å². The first-order chi connectivity index (χ1) is 16.1. The summed E-state index contributed by atoms with van der Waals surface area (Å²) in [4.78, 5) is 40.0. The number of carbonyl (C=O) groups is 3. The number of ether oxygens (including phenoxy) is 1. The van der Waals surface area contributed by atoms with Gasteiger partial charge in [0, 0.05) is 30.3 Å². The molecule has 4 atom stereocenters.